The van der Waals surface area contributed by atoms with Gasteiger partial charge in [-0.2, -0.15) is 0 Å². The van der Waals surface area contributed by atoms with E-state index in [0.29, 0.717) is 0 Å². The molecule has 0 saturated carbocycles. The number of carbonyl (C=O) groups is 1. The van der Waals surface area contributed by atoms with Gasteiger partial charge in [-0.05, 0) is 0 Å². The zero-order chi connectivity index (χ0) is 17.1. The van der Waals surface area contributed by atoms with Crippen molar-refractivity contribution in [1.29, 1.82) is 0 Å². The molecule has 0 unspecified atom stereocenters. The van der Waals surface area contributed by atoms with Crippen LogP contribution in [0.5, 0.6) is 0 Å². The van der Waals surface area contributed by atoms with E-state index in [9.17, 15) is 0 Å². The molecule has 0 amide bonds. The fourth-order valence-electron chi connectivity index (χ4n) is 0. The Kier molecular flexibility index (Phi) is 61.7. The van der Waals surface area contributed by atoms with E-state index in [4.69, 9.17) is 67.6 Å². The first kappa shape index (κ1) is 56.2. The predicted molar refractivity (Wildman–Crippen MR) is 57.2 cm³/mol. The minimum atomic E-state index is -5.17. The van der Waals surface area contributed by atoms with Crippen molar-refractivity contribution in [2.24, 2.45) is 0 Å². The van der Waals surface area contributed by atoms with Crippen LogP contribution in [0, 0.1) is 0 Å². The molecule has 0 aliphatic carbocycles. The summed E-state index contributed by atoms with van der Waals surface area (Å²) >= 11 is 0. The Morgan fingerprint density at radius 2 is 0.667 bits per heavy atom. The zero-order valence-corrected chi connectivity index (χ0v) is 19.0. The van der Waals surface area contributed by atoms with Gasteiger partial charge in [-0.15, -0.1) is 0 Å². The van der Waals surface area contributed by atoms with Crippen LogP contribution in [0.3, 0.4) is 0 Å². The smallest absolute Gasteiger partial charge is 0.759 e. The molecule has 0 aromatic rings. The SMILES string of the molecule is O=C([O-])O.O=S(=O)([O-])[O-].O=S(=O)([O-])[O-].O=S(=O)([O-])[O-].[Mg+2].[Mn+2].[NH4+].[NH4+].[Na+]. The second kappa shape index (κ2) is 26.3. The standard InChI is InChI=1S/CH2O3.Mg.Mn.2H3N.Na.3H2O4S/c2-1(3)4;;;;;;3*1-5(2,3)4/h(H2,2,3,4);;;2*1H3;;3*(H2,1,2,3,4)/q;2*+2;;;+1;;;/p-5. The van der Waals surface area contributed by atoms with E-state index >= 15 is 0 Å². The van der Waals surface area contributed by atoms with Gasteiger partial charge in [0.15, 0.2) is 0 Å². The average molecular weight is 488 g/mol. The van der Waals surface area contributed by atoms with Crippen LogP contribution >= 0.6 is 0 Å². The normalized spacial score (nSPS) is 8.25. The van der Waals surface area contributed by atoms with Gasteiger partial charge in [-0.3, -0.25) is 25.3 Å². The van der Waals surface area contributed by atoms with Crippen LogP contribution in [0.25, 0.3) is 0 Å². The molecule has 0 atom stereocenters. The van der Waals surface area contributed by atoms with Crippen LogP contribution in [-0.4, -0.2) is 86.9 Å². The van der Waals surface area contributed by atoms with Gasteiger partial charge < -0.3 is 54.6 Å². The summed E-state index contributed by atoms with van der Waals surface area (Å²) in [6, 6.07) is 0. The van der Waals surface area contributed by atoms with Gasteiger partial charge in [-0.1, -0.05) is 0 Å². The van der Waals surface area contributed by atoms with Gasteiger partial charge in [-0.25, -0.2) is 0 Å². The van der Waals surface area contributed by atoms with Crippen molar-refractivity contribution in [1.82, 2.24) is 12.3 Å². The molecule has 0 bridgehead atoms. The first-order valence-electron chi connectivity index (χ1n) is 2.63. The Morgan fingerprint density at radius 1 is 0.667 bits per heavy atom. The maximum Gasteiger partial charge on any atom is 2.00 e. The van der Waals surface area contributed by atoms with Gasteiger partial charge in [0.05, 0.1) is 0 Å². The molecule has 0 saturated heterocycles. The largest absolute Gasteiger partial charge is 2.00 e. The minimum absolute atomic E-state index is 0. The van der Waals surface area contributed by atoms with Crippen molar-refractivity contribution in [3.8, 4) is 0 Å². The Hall–Kier alpha value is 1.09. The quantitative estimate of drug-likeness (QED) is 0.162. The van der Waals surface area contributed by atoms with Crippen LogP contribution in [0.4, 0.5) is 4.79 Å². The first-order chi connectivity index (χ1) is 7.73. The summed E-state index contributed by atoms with van der Waals surface area (Å²) in [4.78, 5) is 8.44. The first-order valence-corrected chi connectivity index (χ1v) is 6.63. The van der Waals surface area contributed by atoms with Crippen LogP contribution < -0.4 is 47.0 Å². The molecule has 23 heteroatoms. The number of rotatable bonds is 0. The molecule has 0 heterocycles. The number of hydrogen-bond acceptors (Lipinski definition) is 14. The topological polar surface area (TPSA) is 374 Å². The third-order valence-electron chi connectivity index (χ3n) is 0. The molecule has 0 aromatic heterocycles. The molecule has 0 aliphatic rings. The fourth-order valence-corrected chi connectivity index (χ4v) is 0. The van der Waals surface area contributed by atoms with E-state index < -0.39 is 37.4 Å². The van der Waals surface area contributed by atoms with E-state index in [-0.39, 0.29) is 82.0 Å². The number of carboxylic acid groups (broad SMARTS) is 2. The summed E-state index contributed by atoms with van der Waals surface area (Å²) in [6.07, 6.45) is -2.08. The monoisotopic (exact) mass is 487 g/mol. The zero-order valence-electron chi connectivity index (χ0n) is 12.0. The molecule has 0 aromatic carbocycles. The number of quaternary nitrogens is 2. The number of hydrogen-bond donors (Lipinski definition) is 3. The predicted octanol–water partition coefficient (Wildman–Crippen LogP) is -7.75. The van der Waals surface area contributed by atoms with Gasteiger partial charge in [0.25, 0.3) is 0 Å². The molecule has 9 N–H and O–H groups in total. The third kappa shape index (κ3) is 9550. The minimum Gasteiger partial charge on any atom is -0.759 e. The average Bonchev–Trinajstić information content (AvgIpc) is 1.66. The van der Waals surface area contributed by atoms with Crippen molar-refractivity contribution in [2.75, 3.05) is 0 Å². The molecular weight excluding hydrogens is 478 g/mol. The van der Waals surface area contributed by atoms with Gasteiger partial charge in [0, 0.05) is 31.2 Å². The van der Waals surface area contributed by atoms with Gasteiger partial charge in [0.1, 0.15) is 0 Å². The molecule has 0 spiro atoms. The van der Waals surface area contributed by atoms with Crippen molar-refractivity contribution in [3.05, 3.63) is 0 Å². The summed E-state index contributed by atoms with van der Waals surface area (Å²) in [6.45, 7) is 0. The van der Waals surface area contributed by atoms with Crippen LogP contribution in [-0.2, 0) is 48.3 Å². The van der Waals surface area contributed by atoms with E-state index in [1.807, 2.05) is 0 Å². The van der Waals surface area contributed by atoms with Crippen molar-refractivity contribution < 1.29 is 114 Å². The second-order valence-electron chi connectivity index (χ2n) is 1.49. The molecular formula is CH9MgMnN2NaO15S3. The Bertz CT molecular complexity index is 442. The summed E-state index contributed by atoms with van der Waals surface area (Å²) in [5.41, 5.74) is 0. The molecule has 24 heavy (non-hydrogen) atoms. The van der Waals surface area contributed by atoms with Gasteiger partial charge in [0.2, 0.25) is 6.16 Å². The fraction of sp³-hybridized carbons (Fsp3) is 0. The third-order valence-corrected chi connectivity index (χ3v) is 0. The Balaban J connectivity index is -0.0000000167. The van der Waals surface area contributed by atoms with E-state index in [1.165, 1.54) is 0 Å². The van der Waals surface area contributed by atoms with Crippen molar-refractivity contribution >= 4 is 60.4 Å². The molecule has 1 radical (unpaired) electrons. The summed E-state index contributed by atoms with van der Waals surface area (Å²) < 4.78 is 102. The van der Waals surface area contributed by atoms with Crippen molar-refractivity contribution in [2.45, 2.75) is 0 Å². The van der Waals surface area contributed by atoms with Crippen LogP contribution in [0.1, 0.15) is 0 Å². The molecule has 17 nitrogen and oxygen atoms in total. The van der Waals surface area contributed by atoms with Gasteiger partial charge >= 0.3 is 69.7 Å². The Labute approximate surface area is 185 Å². The Morgan fingerprint density at radius 3 is 0.667 bits per heavy atom. The van der Waals surface area contributed by atoms with Crippen molar-refractivity contribution in [3.63, 3.8) is 0 Å². The maximum absolute atomic E-state index is 8.52. The van der Waals surface area contributed by atoms with E-state index in [0.717, 1.165) is 0 Å². The maximum atomic E-state index is 8.52. The molecule has 0 rings (SSSR count). The molecule has 0 fully saturated rings. The van der Waals surface area contributed by atoms with E-state index in [1.54, 1.807) is 0 Å². The van der Waals surface area contributed by atoms with Crippen LogP contribution in [0.2, 0.25) is 0 Å². The summed E-state index contributed by atoms with van der Waals surface area (Å²) in [7, 11) is -15.5. The van der Waals surface area contributed by atoms with Crippen LogP contribution in [0.15, 0.2) is 0 Å². The molecule has 0 aliphatic heterocycles. The summed E-state index contributed by atoms with van der Waals surface area (Å²) in [5.74, 6) is 0. The van der Waals surface area contributed by atoms with E-state index in [2.05, 4.69) is 0 Å². The molecule has 141 valence electrons. The summed E-state index contributed by atoms with van der Waals surface area (Å²) in [5, 5.41) is 15.3. The second-order valence-corrected chi connectivity index (χ2v) is 3.94.